The van der Waals surface area contributed by atoms with Gasteiger partial charge in [0.05, 0.1) is 17.1 Å². The van der Waals surface area contributed by atoms with Crippen LogP contribution in [0.1, 0.15) is 37.4 Å². The fourth-order valence-corrected chi connectivity index (χ4v) is 4.99. The number of ether oxygens (including phenoxy) is 1. The Morgan fingerprint density at radius 1 is 1.26 bits per heavy atom. The fraction of sp³-hybridized carbons (Fsp3) is 0.423. The highest BCUT2D eigenvalue weighted by atomic mass is 19.1. The molecule has 2 aliphatic rings. The van der Waals surface area contributed by atoms with Crippen molar-refractivity contribution in [3.63, 3.8) is 0 Å². The number of nitrogens with zero attached hydrogens (tertiary/aromatic N) is 2. The first kappa shape index (κ1) is 23.3. The van der Waals surface area contributed by atoms with Crippen molar-refractivity contribution in [2.75, 3.05) is 36.1 Å². The molecule has 0 atom stereocenters. The van der Waals surface area contributed by atoms with Crippen molar-refractivity contribution in [3.05, 3.63) is 41.6 Å². The smallest absolute Gasteiger partial charge is 0.320 e. The summed E-state index contributed by atoms with van der Waals surface area (Å²) in [5.41, 5.74) is 10.2. The van der Waals surface area contributed by atoms with E-state index in [1.54, 1.807) is 18.3 Å². The summed E-state index contributed by atoms with van der Waals surface area (Å²) in [6.07, 6.45) is 6.95. The fourth-order valence-electron chi connectivity index (χ4n) is 4.99. The Morgan fingerprint density at radius 2 is 2.09 bits per heavy atom. The molecule has 1 aliphatic carbocycles. The zero-order valence-corrected chi connectivity index (χ0v) is 20.1. The molecule has 5 N–H and O–H groups in total. The number of rotatable bonds is 6. The van der Waals surface area contributed by atoms with E-state index in [2.05, 4.69) is 25.9 Å². The van der Waals surface area contributed by atoms with Crippen molar-refractivity contribution in [1.82, 2.24) is 15.3 Å². The lowest BCUT2D eigenvalue weighted by molar-refractivity contribution is 0.0644. The molecule has 8 nitrogen and oxygen atoms in total. The van der Waals surface area contributed by atoms with Crippen LogP contribution in [0.5, 0.6) is 0 Å². The molecule has 0 spiro atoms. The molecule has 0 radical (unpaired) electrons. The highest BCUT2D eigenvalue weighted by Gasteiger charge is 2.30. The maximum atomic E-state index is 15.3. The third-order valence-electron chi connectivity index (χ3n) is 6.97. The summed E-state index contributed by atoms with van der Waals surface area (Å²) in [6.45, 7) is 6.26. The number of pyridine rings is 2. The first-order chi connectivity index (χ1) is 16.9. The Hall–Kier alpha value is -3.46. The number of halogens is 1. The maximum absolute atomic E-state index is 15.3. The number of fused-ring (bicyclic) bond motifs is 2. The van der Waals surface area contributed by atoms with Gasteiger partial charge in [0, 0.05) is 54.7 Å². The van der Waals surface area contributed by atoms with E-state index >= 15 is 4.39 Å². The molecule has 9 heteroatoms. The largest absolute Gasteiger partial charge is 0.396 e. The second-order valence-corrected chi connectivity index (χ2v) is 9.38. The van der Waals surface area contributed by atoms with Crippen molar-refractivity contribution in [2.24, 2.45) is 5.92 Å². The number of hydrogen-bond acceptors (Lipinski definition) is 6. The number of carbonyl (C=O) groups is 1. The van der Waals surface area contributed by atoms with Gasteiger partial charge in [-0.3, -0.25) is 10.3 Å². The summed E-state index contributed by atoms with van der Waals surface area (Å²) in [5.74, 6) is 0.371. The summed E-state index contributed by atoms with van der Waals surface area (Å²) in [6, 6.07) is 3.28. The van der Waals surface area contributed by atoms with E-state index in [0.29, 0.717) is 40.2 Å². The molecular weight excluding hydrogens is 447 g/mol. The number of nitrogens with two attached hydrogens (primary N) is 1. The molecule has 2 amide bonds. The zero-order chi connectivity index (χ0) is 24.5. The first-order valence-corrected chi connectivity index (χ1v) is 12.2. The Balaban J connectivity index is 1.37. The van der Waals surface area contributed by atoms with Crippen molar-refractivity contribution in [2.45, 2.75) is 45.6 Å². The molecule has 0 saturated heterocycles. The van der Waals surface area contributed by atoms with Crippen LogP contribution in [-0.2, 0) is 11.2 Å². The quantitative estimate of drug-likeness (QED) is 0.385. The van der Waals surface area contributed by atoms with Crippen LogP contribution in [0, 0.1) is 18.7 Å². The van der Waals surface area contributed by atoms with Gasteiger partial charge >= 0.3 is 6.03 Å². The molecule has 184 valence electrons. The predicted octanol–water partition coefficient (Wildman–Crippen LogP) is 4.62. The summed E-state index contributed by atoms with van der Waals surface area (Å²) >= 11 is 0. The summed E-state index contributed by atoms with van der Waals surface area (Å²) in [7, 11) is 0. The van der Waals surface area contributed by atoms with E-state index in [4.69, 9.17) is 10.5 Å². The molecular formula is C26H31FN6O2. The standard InChI is InChI=1S/C26H31FN6O2/c1-3-35-13-15-7-17(8-15)32-26(34)33-22-10-16-9-18(23(27)24(28)20(16)12-31-22)19-11-30-21-5-4-6-29-25(21)14(19)2/h9-12,15,17,29H,3-8,13,28H2,1-2H3,(H2,31,32,33,34). The lowest BCUT2D eigenvalue weighted by Crippen LogP contribution is -2.47. The van der Waals surface area contributed by atoms with Gasteiger partial charge in [-0.05, 0) is 68.5 Å². The average molecular weight is 479 g/mol. The number of carbonyl (C=O) groups excluding carboxylic acids is 1. The number of hydrogen-bond donors (Lipinski definition) is 4. The van der Waals surface area contributed by atoms with Crippen molar-refractivity contribution < 1.29 is 13.9 Å². The number of aryl methyl sites for hydroxylation is 1. The number of nitrogen functional groups attached to an aromatic ring is 1. The SMILES string of the molecule is CCOCC1CC(NC(=O)Nc2cc3cc(-c4cnc5c(c4C)NCCC5)c(F)c(N)c3cn2)C1. The highest BCUT2D eigenvalue weighted by Crippen LogP contribution is 2.38. The normalized spacial score (nSPS) is 18.9. The minimum atomic E-state index is -0.495. The van der Waals surface area contributed by atoms with Crippen LogP contribution in [-0.4, -0.2) is 41.8 Å². The Bertz CT molecular complexity index is 1270. The van der Waals surface area contributed by atoms with E-state index in [-0.39, 0.29) is 17.8 Å². The van der Waals surface area contributed by atoms with Gasteiger partial charge in [-0.25, -0.2) is 14.2 Å². The Morgan fingerprint density at radius 3 is 2.89 bits per heavy atom. The minimum absolute atomic E-state index is 0.0286. The van der Waals surface area contributed by atoms with Crippen molar-refractivity contribution in [3.8, 4) is 11.1 Å². The van der Waals surface area contributed by atoms with Gasteiger partial charge in [-0.15, -0.1) is 0 Å². The van der Waals surface area contributed by atoms with Crippen LogP contribution in [0.25, 0.3) is 21.9 Å². The van der Waals surface area contributed by atoms with Gasteiger partial charge in [-0.2, -0.15) is 0 Å². The monoisotopic (exact) mass is 478 g/mol. The third-order valence-corrected chi connectivity index (χ3v) is 6.97. The van der Waals surface area contributed by atoms with E-state index in [0.717, 1.165) is 55.8 Å². The summed E-state index contributed by atoms with van der Waals surface area (Å²) < 4.78 is 20.8. The molecule has 1 fully saturated rings. The molecule has 1 aliphatic heterocycles. The van der Waals surface area contributed by atoms with E-state index in [1.807, 2.05) is 13.8 Å². The molecule has 3 heterocycles. The topological polar surface area (TPSA) is 114 Å². The van der Waals surface area contributed by atoms with E-state index in [1.165, 1.54) is 6.20 Å². The summed E-state index contributed by atoms with van der Waals surface area (Å²) in [4.78, 5) is 21.3. The number of nitrogens with one attached hydrogen (secondary N) is 3. The van der Waals surface area contributed by atoms with Gasteiger partial charge in [0.2, 0.25) is 0 Å². The van der Waals surface area contributed by atoms with Crippen LogP contribution in [0.4, 0.5) is 26.4 Å². The van der Waals surface area contributed by atoms with Crippen molar-refractivity contribution >= 4 is 34.0 Å². The van der Waals surface area contributed by atoms with Crippen LogP contribution >= 0.6 is 0 Å². The van der Waals surface area contributed by atoms with Gasteiger partial charge < -0.3 is 21.1 Å². The second-order valence-electron chi connectivity index (χ2n) is 9.38. The predicted molar refractivity (Wildman–Crippen MR) is 136 cm³/mol. The molecule has 0 unspecified atom stereocenters. The van der Waals surface area contributed by atoms with E-state index < -0.39 is 5.82 Å². The number of urea groups is 1. The number of amides is 2. The van der Waals surface area contributed by atoms with Crippen LogP contribution < -0.4 is 21.7 Å². The molecule has 1 aromatic carbocycles. The van der Waals surface area contributed by atoms with Gasteiger partial charge in [0.15, 0.2) is 5.82 Å². The maximum Gasteiger partial charge on any atom is 0.320 e. The third kappa shape index (κ3) is 4.60. The van der Waals surface area contributed by atoms with Crippen LogP contribution in [0.15, 0.2) is 24.5 Å². The highest BCUT2D eigenvalue weighted by molar-refractivity contribution is 5.99. The summed E-state index contributed by atoms with van der Waals surface area (Å²) in [5, 5.41) is 10.3. The Kier molecular flexibility index (Phi) is 6.42. The lowest BCUT2D eigenvalue weighted by atomic mass is 9.81. The van der Waals surface area contributed by atoms with Crippen LogP contribution in [0.3, 0.4) is 0 Å². The average Bonchev–Trinajstić information content (AvgIpc) is 2.83. The second kappa shape index (κ2) is 9.65. The Labute approximate surface area is 203 Å². The number of anilines is 3. The molecule has 0 bridgehead atoms. The molecule has 2 aromatic heterocycles. The van der Waals surface area contributed by atoms with E-state index in [9.17, 15) is 4.79 Å². The molecule has 3 aromatic rings. The van der Waals surface area contributed by atoms with Gasteiger partial charge in [-0.1, -0.05) is 0 Å². The van der Waals surface area contributed by atoms with Crippen LogP contribution in [0.2, 0.25) is 0 Å². The minimum Gasteiger partial charge on any atom is -0.396 e. The van der Waals surface area contributed by atoms with Gasteiger partial charge in [0.25, 0.3) is 0 Å². The zero-order valence-electron chi connectivity index (χ0n) is 20.1. The number of aromatic nitrogens is 2. The first-order valence-electron chi connectivity index (χ1n) is 12.2. The van der Waals surface area contributed by atoms with Gasteiger partial charge in [0.1, 0.15) is 5.82 Å². The molecule has 5 rings (SSSR count). The molecule has 1 saturated carbocycles. The lowest BCUT2D eigenvalue weighted by Gasteiger charge is -2.35. The molecule has 35 heavy (non-hydrogen) atoms. The van der Waals surface area contributed by atoms with Crippen molar-refractivity contribution in [1.29, 1.82) is 0 Å². The number of benzene rings is 1.